The fraction of sp³-hybridized carbons (Fsp3) is 0.467. The molecule has 0 unspecified atom stereocenters. The molecule has 0 aromatic carbocycles. The molecular formula is C30H35FN6O3. The quantitative estimate of drug-likeness (QED) is 0.290. The van der Waals surface area contributed by atoms with Gasteiger partial charge in [0.25, 0.3) is 5.91 Å². The summed E-state index contributed by atoms with van der Waals surface area (Å²) >= 11 is 0. The number of hydrogen-bond donors (Lipinski definition) is 0. The number of hydrogen-bond acceptors (Lipinski definition) is 8. The molecule has 3 aliphatic rings. The van der Waals surface area contributed by atoms with Crippen molar-refractivity contribution in [3.8, 4) is 17.1 Å². The molecule has 0 atom stereocenters. The largest absolute Gasteiger partial charge is 0.464 e. The van der Waals surface area contributed by atoms with Crippen molar-refractivity contribution in [2.45, 2.75) is 65.2 Å². The Bertz CT molecular complexity index is 1430. The molecule has 210 valence electrons. The Labute approximate surface area is 233 Å². The van der Waals surface area contributed by atoms with E-state index in [1.54, 1.807) is 29.7 Å². The monoisotopic (exact) mass is 546 g/mol. The van der Waals surface area contributed by atoms with Crippen molar-refractivity contribution >= 4 is 17.2 Å². The SMILES string of the molecule is C=C(CCF)C(=O)N(CC12CCC(c3noc(C(C)(C)C)n3)=C(C1)C2)c1cncc(-c2cnc(OCC)nc2)c1. The first-order valence-electron chi connectivity index (χ1n) is 13.6. The summed E-state index contributed by atoms with van der Waals surface area (Å²) < 4.78 is 24.0. The first-order chi connectivity index (χ1) is 19.1. The maximum absolute atomic E-state index is 13.6. The van der Waals surface area contributed by atoms with E-state index in [4.69, 9.17) is 9.26 Å². The van der Waals surface area contributed by atoms with Gasteiger partial charge in [-0.1, -0.05) is 38.1 Å². The summed E-state index contributed by atoms with van der Waals surface area (Å²) in [5.41, 5.74) is 4.54. The number of halogens is 1. The van der Waals surface area contributed by atoms with E-state index >= 15 is 0 Å². The van der Waals surface area contributed by atoms with Gasteiger partial charge in [0, 0.05) is 53.7 Å². The molecule has 3 aromatic rings. The number of amides is 1. The number of allylic oxidation sites excluding steroid dienone is 2. The fourth-order valence-electron chi connectivity index (χ4n) is 5.35. The minimum absolute atomic E-state index is 0.00851. The number of anilines is 1. The number of aromatic nitrogens is 5. The van der Waals surface area contributed by atoms with Crippen molar-refractivity contribution in [3.05, 3.63) is 60.3 Å². The van der Waals surface area contributed by atoms with Gasteiger partial charge in [0.2, 0.25) is 5.89 Å². The summed E-state index contributed by atoms with van der Waals surface area (Å²) in [6.45, 7) is 12.2. The molecule has 0 saturated heterocycles. The van der Waals surface area contributed by atoms with E-state index in [0.29, 0.717) is 36.6 Å². The average molecular weight is 547 g/mol. The van der Waals surface area contributed by atoms with Crippen LogP contribution in [0.25, 0.3) is 16.7 Å². The smallest absolute Gasteiger partial charge is 0.316 e. The second-order valence-corrected chi connectivity index (χ2v) is 11.7. The van der Waals surface area contributed by atoms with E-state index in [1.165, 1.54) is 5.57 Å². The van der Waals surface area contributed by atoms with E-state index in [2.05, 4.69) is 31.7 Å². The molecule has 1 amide bonds. The Morgan fingerprint density at radius 3 is 2.52 bits per heavy atom. The van der Waals surface area contributed by atoms with Crippen LogP contribution in [0.4, 0.5) is 10.1 Å². The lowest BCUT2D eigenvalue weighted by molar-refractivity contribution is -0.115. The van der Waals surface area contributed by atoms with Crippen molar-refractivity contribution in [2.24, 2.45) is 5.41 Å². The molecule has 6 rings (SSSR count). The zero-order chi connectivity index (χ0) is 28.5. The number of pyridine rings is 1. The number of fused-ring (bicyclic) bond motifs is 2. The molecule has 0 radical (unpaired) electrons. The number of nitrogens with zero attached hydrogens (tertiary/aromatic N) is 6. The maximum atomic E-state index is 13.6. The van der Waals surface area contributed by atoms with Crippen molar-refractivity contribution < 1.29 is 18.4 Å². The van der Waals surface area contributed by atoms with Gasteiger partial charge in [0.05, 0.1) is 25.2 Å². The standard InChI is InChI=1S/C30H35FN6O3/c1-6-39-28-33-15-22(16-34-28)20-11-23(17-32-14-20)37(26(38)19(2)8-10-31)18-30-9-7-24(21(12-30)13-30)25-35-27(40-36-25)29(3,4)5/h11,14-17H,2,6-10,12-13,18H2,1,3-5H3. The Balaban J connectivity index is 1.40. The van der Waals surface area contributed by atoms with E-state index in [0.717, 1.165) is 42.4 Å². The molecule has 2 bridgehead atoms. The van der Waals surface area contributed by atoms with Crippen LogP contribution in [0.5, 0.6) is 6.01 Å². The summed E-state index contributed by atoms with van der Waals surface area (Å²) in [6, 6.07) is 2.19. The number of rotatable bonds is 10. The Hall–Kier alpha value is -3.95. The molecule has 0 spiro atoms. The van der Waals surface area contributed by atoms with Crippen molar-refractivity contribution in [1.29, 1.82) is 0 Å². The van der Waals surface area contributed by atoms with Gasteiger partial charge in [0.15, 0.2) is 5.82 Å². The third-order valence-corrected chi connectivity index (χ3v) is 7.55. The van der Waals surface area contributed by atoms with Crippen LogP contribution in [0.2, 0.25) is 0 Å². The highest BCUT2D eigenvalue weighted by Gasteiger charge is 2.48. The Morgan fingerprint density at radius 1 is 1.18 bits per heavy atom. The number of ether oxygens (including phenoxy) is 1. The summed E-state index contributed by atoms with van der Waals surface area (Å²) in [5, 5.41) is 4.26. The molecule has 10 heteroatoms. The highest BCUT2D eigenvalue weighted by atomic mass is 19.1. The van der Waals surface area contributed by atoms with Gasteiger partial charge in [-0.25, -0.2) is 9.97 Å². The summed E-state index contributed by atoms with van der Waals surface area (Å²) in [6.07, 6.45) is 10.1. The van der Waals surface area contributed by atoms with Crippen LogP contribution in [0.1, 0.15) is 71.5 Å². The van der Waals surface area contributed by atoms with Crippen LogP contribution in [-0.4, -0.2) is 50.8 Å². The minimum Gasteiger partial charge on any atom is -0.464 e. The van der Waals surface area contributed by atoms with E-state index in [9.17, 15) is 9.18 Å². The molecule has 0 aliphatic heterocycles. The molecule has 3 heterocycles. The second kappa shape index (κ2) is 10.9. The van der Waals surface area contributed by atoms with Gasteiger partial charge in [-0.05, 0) is 49.7 Å². The third-order valence-electron chi connectivity index (χ3n) is 7.55. The molecule has 9 nitrogen and oxygen atoms in total. The first kappa shape index (κ1) is 27.6. The molecule has 1 fully saturated rings. The van der Waals surface area contributed by atoms with Crippen LogP contribution in [-0.2, 0) is 10.2 Å². The van der Waals surface area contributed by atoms with Gasteiger partial charge < -0.3 is 14.2 Å². The molecule has 0 N–H and O–H groups in total. The van der Waals surface area contributed by atoms with Crippen LogP contribution in [0.3, 0.4) is 0 Å². The predicted molar refractivity (Wildman–Crippen MR) is 149 cm³/mol. The topological polar surface area (TPSA) is 107 Å². The lowest BCUT2D eigenvalue weighted by atomic mass is 9.57. The lowest BCUT2D eigenvalue weighted by Gasteiger charge is -2.51. The van der Waals surface area contributed by atoms with Crippen molar-refractivity contribution in [2.75, 3.05) is 24.7 Å². The Morgan fingerprint density at radius 2 is 1.93 bits per heavy atom. The zero-order valence-corrected chi connectivity index (χ0v) is 23.5. The van der Waals surface area contributed by atoms with Gasteiger partial charge in [-0.15, -0.1) is 0 Å². The lowest BCUT2D eigenvalue weighted by Crippen LogP contribution is -2.48. The summed E-state index contributed by atoms with van der Waals surface area (Å²) in [7, 11) is 0. The van der Waals surface area contributed by atoms with Crippen LogP contribution in [0.15, 0.2) is 53.1 Å². The normalized spacial score (nSPS) is 15.9. The number of alkyl halides is 1. The summed E-state index contributed by atoms with van der Waals surface area (Å²) in [4.78, 5) is 32.8. The first-order valence-corrected chi connectivity index (χ1v) is 13.6. The van der Waals surface area contributed by atoms with Crippen molar-refractivity contribution in [3.63, 3.8) is 0 Å². The highest BCUT2D eigenvalue weighted by Crippen LogP contribution is 2.57. The van der Waals surface area contributed by atoms with Crippen LogP contribution in [0, 0.1) is 5.41 Å². The van der Waals surface area contributed by atoms with E-state index < -0.39 is 6.67 Å². The average Bonchev–Trinajstić information content (AvgIpc) is 3.43. The minimum atomic E-state index is -0.636. The maximum Gasteiger partial charge on any atom is 0.316 e. The molecule has 3 aromatic heterocycles. The van der Waals surface area contributed by atoms with Gasteiger partial charge in [-0.3, -0.25) is 14.2 Å². The molecule has 40 heavy (non-hydrogen) atoms. The molecular weight excluding hydrogens is 511 g/mol. The number of carbonyl (C=O) groups excluding carboxylic acids is 1. The Kier molecular flexibility index (Phi) is 7.53. The third kappa shape index (κ3) is 5.52. The van der Waals surface area contributed by atoms with E-state index in [1.807, 2.05) is 33.8 Å². The van der Waals surface area contributed by atoms with Gasteiger partial charge >= 0.3 is 6.01 Å². The zero-order valence-electron chi connectivity index (χ0n) is 23.5. The van der Waals surface area contributed by atoms with E-state index in [-0.39, 0.29) is 28.7 Å². The molecule has 1 saturated carbocycles. The number of carbonyl (C=O) groups is 1. The van der Waals surface area contributed by atoms with Crippen molar-refractivity contribution in [1.82, 2.24) is 25.1 Å². The van der Waals surface area contributed by atoms with Gasteiger partial charge in [0.1, 0.15) is 0 Å². The second-order valence-electron chi connectivity index (χ2n) is 11.7. The van der Waals surface area contributed by atoms with Crippen LogP contribution >= 0.6 is 0 Å². The van der Waals surface area contributed by atoms with Gasteiger partial charge in [-0.2, -0.15) is 4.98 Å². The highest BCUT2D eigenvalue weighted by molar-refractivity contribution is 6.05. The summed E-state index contributed by atoms with van der Waals surface area (Å²) in [5.74, 6) is 1.01. The fourth-order valence-corrected chi connectivity index (χ4v) is 5.35. The van der Waals surface area contributed by atoms with Crippen LogP contribution < -0.4 is 9.64 Å². The predicted octanol–water partition coefficient (Wildman–Crippen LogP) is 5.89. The molecule has 3 aliphatic carbocycles.